The van der Waals surface area contributed by atoms with Crippen LogP contribution in [0.1, 0.15) is 90.3 Å². The van der Waals surface area contributed by atoms with Crippen LogP contribution in [-0.2, 0) is 36.8 Å². The number of nitrogens with zero attached hydrogens (tertiary/aromatic N) is 2. The standard InChI is InChI=1S/C38H49FN4O5S/c1-35(2,3)48-34(45)43-25-37(47-7,27-11-9-8-10-12-27)24-32(43)33(44)41-31-23-29(15-16-30(31)39)38(20-17-26-13-14-26,28-18-21-40-22-19-28)42-49(46)36(4,5)6/h8-12,15-16,18-19,21-23,26,32,42H,13-14,17,20,24-25H2,1-7H3,(H,41,44)/t32-,37+,38+,49-/m0/s1. The SMILES string of the molecule is CO[C@]1(c2ccccc2)C[C@@H](C(=O)Nc2cc([C@](CCC3CC3)(N[S@@+]([O-])C(C)(C)C)c3ccncc3)ccc2F)N(C(=O)OC(C)(C)C)C1. The first kappa shape index (κ1) is 36.8. The Morgan fingerprint density at radius 3 is 2.29 bits per heavy atom. The van der Waals surface area contributed by atoms with Crippen LogP contribution < -0.4 is 10.0 Å². The molecule has 2 aliphatic rings. The van der Waals surface area contributed by atoms with Gasteiger partial charge in [0.2, 0.25) is 5.91 Å². The van der Waals surface area contributed by atoms with Gasteiger partial charge in [-0.15, -0.1) is 4.72 Å². The molecule has 4 atom stereocenters. The Balaban J connectivity index is 1.53. The molecule has 1 aliphatic carbocycles. The average molecular weight is 693 g/mol. The first-order valence-corrected chi connectivity index (χ1v) is 18.0. The van der Waals surface area contributed by atoms with E-state index in [9.17, 15) is 14.1 Å². The molecule has 1 aliphatic heterocycles. The second kappa shape index (κ2) is 14.4. The van der Waals surface area contributed by atoms with Gasteiger partial charge in [0.15, 0.2) is 0 Å². The normalized spacial score (nSPS) is 21.6. The summed E-state index contributed by atoms with van der Waals surface area (Å²) in [5.41, 5.74) is -0.504. The van der Waals surface area contributed by atoms with Crippen molar-refractivity contribution in [2.75, 3.05) is 19.0 Å². The highest BCUT2D eigenvalue weighted by Crippen LogP contribution is 2.44. The number of carbonyl (C=O) groups excluding carboxylic acids is 2. The summed E-state index contributed by atoms with van der Waals surface area (Å²) in [6, 6.07) is 16.8. The van der Waals surface area contributed by atoms with Crippen LogP contribution in [0.4, 0.5) is 14.9 Å². The Morgan fingerprint density at radius 1 is 1.02 bits per heavy atom. The number of hydrogen-bond acceptors (Lipinski definition) is 7. The number of pyridine rings is 1. The van der Waals surface area contributed by atoms with Crippen LogP contribution in [0.15, 0.2) is 73.1 Å². The van der Waals surface area contributed by atoms with Gasteiger partial charge in [0.05, 0.1) is 12.2 Å². The second-order valence-electron chi connectivity index (χ2n) is 15.2. The number of halogens is 1. The summed E-state index contributed by atoms with van der Waals surface area (Å²) < 4.78 is 44.1. The number of ether oxygens (including phenoxy) is 2. The van der Waals surface area contributed by atoms with Crippen LogP contribution in [0.25, 0.3) is 0 Å². The zero-order valence-corrected chi connectivity index (χ0v) is 30.4. The molecule has 2 N–H and O–H groups in total. The third-order valence-corrected chi connectivity index (χ3v) is 10.9. The number of methoxy groups -OCH3 is 1. The highest BCUT2D eigenvalue weighted by molar-refractivity contribution is 7.90. The molecule has 2 amide bonds. The Kier molecular flexibility index (Phi) is 10.8. The lowest BCUT2D eigenvalue weighted by molar-refractivity contribution is -0.120. The third-order valence-electron chi connectivity index (χ3n) is 9.28. The van der Waals surface area contributed by atoms with Gasteiger partial charge in [-0.2, -0.15) is 0 Å². The smallest absolute Gasteiger partial charge is 0.411 e. The van der Waals surface area contributed by atoms with Gasteiger partial charge >= 0.3 is 6.09 Å². The van der Waals surface area contributed by atoms with Gasteiger partial charge in [0, 0.05) is 37.3 Å². The predicted molar refractivity (Wildman–Crippen MR) is 190 cm³/mol. The summed E-state index contributed by atoms with van der Waals surface area (Å²) in [4.78, 5) is 33.3. The van der Waals surface area contributed by atoms with Crippen molar-refractivity contribution in [1.29, 1.82) is 0 Å². The van der Waals surface area contributed by atoms with Crippen LogP contribution in [0.3, 0.4) is 0 Å². The predicted octanol–water partition coefficient (Wildman–Crippen LogP) is 7.20. The Morgan fingerprint density at radius 2 is 1.69 bits per heavy atom. The third kappa shape index (κ3) is 8.45. The van der Waals surface area contributed by atoms with Crippen LogP contribution in [0.5, 0.6) is 0 Å². The quantitative estimate of drug-likeness (QED) is 0.204. The summed E-state index contributed by atoms with van der Waals surface area (Å²) in [6.07, 6.45) is 6.61. The number of likely N-dealkylation sites (tertiary alicyclic amines) is 1. The van der Waals surface area contributed by atoms with E-state index in [0.717, 1.165) is 30.4 Å². The molecule has 0 unspecified atom stereocenters. The topological polar surface area (TPSA) is 116 Å². The molecule has 11 heteroatoms. The van der Waals surface area contributed by atoms with Crippen molar-refractivity contribution in [2.24, 2.45) is 5.92 Å². The molecule has 1 saturated heterocycles. The number of carbonyl (C=O) groups is 2. The van der Waals surface area contributed by atoms with Crippen molar-refractivity contribution in [2.45, 2.75) is 101 Å². The molecule has 2 aromatic carbocycles. The van der Waals surface area contributed by atoms with E-state index < -0.39 is 56.7 Å². The van der Waals surface area contributed by atoms with Crippen LogP contribution >= 0.6 is 0 Å². The van der Waals surface area contributed by atoms with Crippen LogP contribution in [0, 0.1) is 11.7 Å². The second-order valence-corrected chi connectivity index (χ2v) is 17.1. The summed E-state index contributed by atoms with van der Waals surface area (Å²) >= 11 is -1.50. The van der Waals surface area contributed by atoms with E-state index in [1.807, 2.05) is 63.2 Å². The lowest BCUT2D eigenvalue weighted by Crippen LogP contribution is -2.52. The lowest BCUT2D eigenvalue weighted by atomic mass is 9.79. The van der Waals surface area contributed by atoms with Gasteiger partial charge in [-0.3, -0.25) is 14.7 Å². The number of hydrogen-bond donors (Lipinski definition) is 2. The maximum absolute atomic E-state index is 15.7. The van der Waals surface area contributed by atoms with Crippen molar-refractivity contribution < 1.29 is 28.0 Å². The number of amides is 2. The molecular formula is C38H49FN4O5S. The zero-order chi connectivity index (χ0) is 35.6. The van der Waals surface area contributed by atoms with Crippen molar-refractivity contribution in [3.8, 4) is 0 Å². The molecule has 0 spiro atoms. The molecule has 1 saturated carbocycles. The number of nitrogens with one attached hydrogen (secondary N) is 2. The number of aromatic nitrogens is 1. The van der Waals surface area contributed by atoms with Gasteiger partial charge in [0.1, 0.15) is 33.3 Å². The van der Waals surface area contributed by atoms with Crippen LogP contribution in [0.2, 0.25) is 0 Å². The summed E-state index contributed by atoms with van der Waals surface area (Å²) in [6.45, 7) is 11.1. The zero-order valence-electron chi connectivity index (χ0n) is 29.5. The minimum absolute atomic E-state index is 0.0468. The molecule has 0 bridgehead atoms. The van der Waals surface area contributed by atoms with Gasteiger partial charge in [0.25, 0.3) is 0 Å². The minimum Gasteiger partial charge on any atom is -0.598 e. The van der Waals surface area contributed by atoms with E-state index in [2.05, 4.69) is 15.0 Å². The first-order valence-electron chi connectivity index (χ1n) is 16.9. The first-order chi connectivity index (χ1) is 23.1. The van der Waals surface area contributed by atoms with E-state index in [0.29, 0.717) is 17.9 Å². The molecule has 5 rings (SSSR count). The van der Waals surface area contributed by atoms with E-state index in [1.165, 1.54) is 11.0 Å². The van der Waals surface area contributed by atoms with Crippen molar-refractivity contribution in [3.05, 3.63) is 95.6 Å². The maximum atomic E-state index is 15.7. The number of rotatable bonds is 11. The molecule has 2 fully saturated rings. The highest BCUT2D eigenvalue weighted by atomic mass is 32.2. The number of anilines is 1. The highest BCUT2D eigenvalue weighted by Gasteiger charge is 2.51. The average Bonchev–Trinajstić information content (AvgIpc) is 3.80. The van der Waals surface area contributed by atoms with Crippen molar-refractivity contribution in [3.63, 3.8) is 0 Å². The molecular weight excluding hydrogens is 644 g/mol. The fraction of sp³-hybridized carbons (Fsp3) is 0.500. The number of benzene rings is 2. The van der Waals surface area contributed by atoms with E-state index in [-0.39, 0.29) is 18.7 Å². The van der Waals surface area contributed by atoms with Crippen molar-refractivity contribution >= 4 is 29.0 Å². The maximum Gasteiger partial charge on any atom is 0.411 e. The minimum atomic E-state index is -1.50. The molecule has 3 aromatic rings. The van der Waals surface area contributed by atoms with E-state index >= 15 is 4.39 Å². The Bertz CT molecular complexity index is 1610. The summed E-state index contributed by atoms with van der Waals surface area (Å²) in [7, 11) is 1.55. The monoisotopic (exact) mass is 692 g/mol. The van der Waals surface area contributed by atoms with Gasteiger partial charge in [-0.25, -0.2) is 9.18 Å². The van der Waals surface area contributed by atoms with E-state index in [1.54, 1.807) is 52.4 Å². The molecule has 264 valence electrons. The van der Waals surface area contributed by atoms with Gasteiger partial charge in [-0.05, 0) is 101 Å². The molecule has 0 radical (unpaired) electrons. The van der Waals surface area contributed by atoms with E-state index in [4.69, 9.17) is 9.47 Å². The van der Waals surface area contributed by atoms with Gasteiger partial charge in [-0.1, -0.05) is 49.2 Å². The fourth-order valence-electron chi connectivity index (χ4n) is 6.34. The Labute approximate surface area is 292 Å². The Hall–Kier alpha value is -3.51. The summed E-state index contributed by atoms with van der Waals surface area (Å²) in [5, 5.41) is 2.80. The van der Waals surface area contributed by atoms with Crippen molar-refractivity contribution in [1.82, 2.24) is 14.6 Å². The molecule has 49 heavy (non-hydrogen) atoms. The summed E-state index contributed by atoms with van der Waals surface area (Å²) in [5.74, 6) is -0.643. The molecule has 2 heterocycles. The largest absolute Gasteiger partial charge is 0.598 e. The molecule has 9 nitrogen and oxygen atoms in total. The van der Waals surface area contributed by atoms with Gasteiger partial charge < -0.3 is 19.3 Å². The molecule has 1 aromatic heterocycles. The lowest BCUT2D eigenvalue weighted by Gasteiger charge is -2.39. The fourth-order valence-corrected chi connectivity index (χ4v) is 7.30. The van der Waals surface area contributed by atoms with Crippen LogP contribution in [-0.4, -0.2) is 56.5 Å².